The van der Waals surface area contributed by atoms with Crippen LogP contribution >= 0.6 is 0 Å². The highest BCUT2D eigenvalue weighted by atomic mass is 16.6. The standard InChI is InChI=1S/C35H39N3O5/c1-5-42-33(40)31(38-34(41)43-35(2,3)4)21-24-12-14-27(15-13-24)32(39)37-19-8-10-26-9-6-7-11-30(26)28-17-16-25-18-20-36-23-29(25)22-28/h6-7,9,11-18,20,22-23,31H,5,8,10,19,21H2,1-4H3,(H,37,39)(H,38,41)/t31-/m0/s1. The van der Waals surface area contributed by atoms with E-state index in [1.807, 2.05) is 24.4 Å². The summed E-state index contributed by atoms with van der Waals surface area (Å²) in [7, 11) is 0. The first-order valence-electron chi connectivity index (χ1n) is 14.6. The molecule has 0 bridgehead atoms. The van der Waals surface area contributed by atoms with Crippen molar-refractivity contribution in [1.29, 1.82) is 0 Å². The Labute approximate surface area is 252 Å². The maximum Gasteiger partial charge on any atom is 0.408 e. The second-order valence-electron chi connectivity index (χ2n) is 11.3. The fourth-order valence-corrected chi connectivity index (χ4v) is 4.77. The number of benzene rings is 3. The van der Waals surface area contributed by atoms with E-state index in [0.29, 0.717) is 12.1 Å². The van der Waals surface area contributed by atoms with E-state index in [4.69, 9.17) is 9.47 Å². The topological polar surface area (TPSA) is 107 Å². The number of alkyl carbamates (subject to hydrolysis) is 1. The highest BCUT2D eigenvalue weighted by Crippen LogP contribution is 2.27. The Hall–Kier alpha value is -4.72. The Kier molecular flexibility index (Phi) is 10.5. The maximum absolute atomic E-state index is 12.8. The number of nitrogens with zero attached hydrogens (tertiary/aromatic N) is 1. The molecule has 4 aromatic rings. The van der Waals surface area contributed by atoms with Crippen LogP contribution in [-0.2, 0) is 27.1 Å². The second-order valence-corrected chi connectivity index (χ2v) is 11.3. The third-order valence-corrected chi connectivity index (χ3v) is 6.80. The number of carbonyl (C=O) groups is 3. The number of pyridine rings is 1. The number of aromatic nitrogens is 1. The Balaban J connectivity index is 1.31. The summed E-state index contributed by atoms with van der Waals surface area (Å²) in [6, 6.07) is 22.8. The molecule has 0 unspecified atom stereocenters. The van der Waals surface area contributed by atoms with E-state index in [1.54, 1.807) is 58.2 Å². The molecule has 1 atom stereocenters. The average Bonchev–Trinajstić information content (AvgIpc) is 2.98. The minimum atomic E-state index is -0.913. The van der Waals surface area contributed by atoms with Gasteiger partial charge < -0.3 is 20.1 Å². The first kappa shape index (κ1) is 31.2. The van der Waals surface area contributed by atoms with Gasteiger partial charge in [0, 0.05) is 36.3 Å². The van der Waals surface area contributed by atoms with Crippen molar-refractivity contribution < 1.29 is 23.9 Å². The molecule has 0 aliphatic heterocycles. The maximum atomic E-state index is 12.8. The monoisotopic (exact) mass is 581 g/mol. The number of aryl methyl sites for hydroxylation is 1. The van der Waals surface area contributed by atoms with Gasteiger partial charge in [0.1, 0.15) is 11.6 Å². The van der Waals surface area contributed by atoms with Gasteiger partial charge in [-0.3, -0.25) is 9.78 Å². The largest absolute Gasteiger partial charge is 0.464 e. The average molecular weight is 582 g/mol. The molecule has 8 nitrogen and oxygen atoms in total. The lowest BCUT2D eigenvalue weighted by Crippen LogP contribution is -2.45. The number of esters is 1. The second kappa shape index (κ2) is 14.4. The molecule has 0 radical (unpaired) electrons. The number of nitrogens with one attached hydrogen (secondary N) is 2. The summed E-state index contributed by atoms with van der Waals surface area (Å²) in [6.07, 6.45) is 4.79. The summed E-state index contributed by atoms with van der Waals surface area (Å²) in [5.74, 6) is -0.718. The minimum Gasteiger partial charge on any atom is -0.464 e. The van der Waals surface area contributed by atoms with Crippen molar-refractivity contribution in [1.82, 2.24) is 15.6 Å². The summed E-state index contributed by atoms with van der Waals surface area (Å²) in [5.41, 5.74) is 4.13. The van der Waals surface area contributed by atoms with Gasteiger partial charge in [-0.05, 0) is 92.4 Å². The number of fused-ring (bicyclic) bond motifs is 1. The Morgan fingerprint density at radius 2 is 1.70 bits per heavy atom. The third kappa shape index (κ3) is 9.13. The molecule has 0 aliphatic rings. The van der Waals surface area contributed by atoms with Crippen LogP contribution in [0.25, 0.3) is 21.9 Å². The third-order valence-electron chi connectivity index (χ3n) is 6.80. The lowest BCUT2D eigenvalue weighted by Gasteiger charge is -2.23. The van der Waals surface area contributed by atoms with Crippen LogP contribution in [-0.4, -0.2) is 47.7 Å². The van der Waals surface area contributed by atoms with Crippen molar-refractivity contribution in [3.63, 3.8) is 0 Å². The molecular weight excluding hydrogens is 542 g/mol. The first-order chi connectivity index (χ1) is 20.6. The molecule has 3 aromatic carbocycles. The van der Waals surface area contributed by atoms with Gasteiger partial charge in [0.25, 0.3) is 5.91 Å². The van der Waals surface area contributed by atoms with Crippen molar-refractivity contribution in [3.8, 4) is 11.1 Å². The van der Waals surface area contributed by atoms with Gasteiger partial charge in [-0.1, -0.05) is 48.5 Å². The Morgan fingerprint density at radius 1 is 0.930 bits per heavy atom. The molecule has 1 aromatic heterocycles. The molecule has 224 valence electrons. The normalized spacial score (nSPS) is 11.9. The molecule has 2 amide bonds. The predicted octanol–water partition coefficient (Wildman–Crippen LogP) is 6.26. The minimum absolute atomic E-state index is 0.171. The Morgan fingerprint density at radius 3 is 2.44 bits per heavy atom. The van der Waals surface area contributed by atoms with E-state index in [-0.39, 0.29) is 18.9 Å². The molecule has 1 heterocycles. The van der Waals surface area contributed by atoms with Crippen molar-refractivity contribution >= 4 is 28.7 Å². The lowest BCUT2D eigenvalue weighted by atomic mass is 9.95. The number of ether oxygens (including phenoxy) is 2. The van der Waals surface area contributed by atoms with Crippen LogP contribution in [0.5, 0.6) is 0 Å². The van der Waals surface area contributed by atoms with E-state index in [1.165, 1.54) is 11.1 Å². The number of rotatable bonds is 11. The number of amides is 2. The van der Waals surface area contributed by atoms with E-state index in [9.17, 15) is 14.4 Å². The van der Waals surface area contributed by atoms with Gasteiger partial charge in [0.15, 0.2) is 0 Å². The van der Waals surface area contributed by atoms with E-state index >= 15 is 0 Å². The lowest BCUT2D eigenvalue weighted by molar-refractivity contribution is -0.145. The predicted molar refractivity (Wildman–Crippen MR) is 168 cm³/mol. The number of hydrogen-bond acceptors (Lipinski definition) is 6. The fourth-order valence-electron chi connectivity index (χ4n) is 4.77. The van der Waals surface area contributed by atoms with E-state index in [2.05, 4.69) is 45.9 Å². The summed E-state index contributed by atoms with van der Waals surface area (Å²) in [6.45, 7) is 7.67. The van der Waals surface area contributed by atoms with Crippen LogP contribution in [0.1, 0.15) is 55.6 Å². The van der Waals surface area contributed by atoms with Gasteiger partial charge in [0.2, 0.25) is 0 Å². The molecule has 0 aliphatic carbocycles. The van der Waals surface area contributed by atoms with Crippen LogP contribution in [0.2, 0.25) is 0 Å². The molecule has 8 heteroatoms. The summed E-state index contributed by atoms with van der Waals surface area (Å²) in [5, 5.41) is 7.85. The van der Waals surface area contributed by atoms with Crippen molar-refractivity contribution in [2.24, 2.45) is 0 Å². The van der Waals surface area contributed by atoms with Crippen molar-refractivity contribution in [3.05, 3.63) is 102 Å². The molecule has 0 spiro atoms. The highest BCUT2D eigenvalue weighted by Gasteiger charge is 2.25. The number of hydrogen-bond donors (Lipinski definition) is 2. The SMILES string of the molecule is CCOC(=O)[C@H](Cc1ccc(C(=O)NCCCc2ccccc2-c2ccc3ccncc3c2)cc1)NC(=O)OC(C)(C)C. The van der Waals surface area contributed by atoms with Crippen LogP contribution in [0.4, 0.5) is 4.79 Å². The van der Waals surface area contributed by atoms with Gasteiger partial charge in [-0.2, -0.15) is 0 Å². The van der Waals surface area contributed by atoms with Crippen LogP contribution < -0.4 is 10.6 Å². The van der Waals surface area contributed by atoms with E-state index < -0.39 is 23.7 Å². The summed E-state index contributed by atoms with van der Waals surface area (Å²) in [4.78, 5) is 41.8. The quantitative estimate of drug-likeness (QED) is 0.160. The zero-order valence-corrected chi connectivity index (χ0v) is 25.2. The van der Waals surface area contributed by atoms with Crippen LogP contribution in [0.3, 0.4) is 0 Å². The zero-order valence-electron chi connectivity index (χ0n) is 25.2. The summed E-state index contributed by atoms with van der Waals surface area (Å²) >= 11 is 0. The molecular formula is C35H39N3O5. The highest BCUT2D eigenvalue weighted by molar-refractivity contribution is 5.94. The van der Waals surface area contributed by atoms with Crippen LogP contribution in [0.15, 0.2) is 85.2 Å². The molecule has 0 fully saturated rings. The van der Waals surface area contributed by atoms with Gasteiger partial charge in [-0.15, -0.1) is 0 Å². The first-order valence-corrected chi connectivity index (χ1v) is 14.6. The summed E-state index contributed by atoms with van der Waals surface area (Å²) < 4.78 is 10.4. The number of carbonyl (C=O) groups excluding carboxylic acids is 3. The smallest absolute Gasteiger partial charge is 0.408 e. The molecule has 43 heavy (non-hydrogen) atoms. The fraction of sp³-hybridized carbons (Fsp3) is 0.314. The van der Waals surface area contributed by atoms with Crippen molar-refractivity contribution in [2.45, 2.75) is 58.6 Å². The molecule has 0 saturated heterocycles. The van der Waals surface area contributed by atoms with E-state index in [0.717, 1.165) is 34.7 Å². The zero-order chi connectivity index (χ0) is 30.8. The molecule has 0 saturated carbocycles. The van der Waals surface area contributed by atoms with Gasteiger partial charge in [-0.25, -0.2) is 9.59 Å². The molecule has 2 N–H and O–H groups in total. The van der Waals surface area contributed by atoms with Gasteiger partial charge in [0.05, 0.1) is 6.61 Å². The van der Waals surface area contributed by atoms with Gasteiger partial charge >= 0.3 is 12.1 Å². The Bertz CT molecular complexity index is 1560. The molecule has 4 rings (SSSR count). The van der Waals surface area contributed by atoms with Crippen molar-refractivity contribution in [2.75, 3.05) is 13.2 Å². The van der Waals surface area contributed by atoms with Crippen LogP contribution in [0, 0.1) is 0 Å².